The van der Waals surface area contributed by atoms with E-state index >= 15 is 0 Å². The summed E-state index contributed by atoms with van der Waals surface area (Å²) in [5, 5.41) is 9.31. The summed E-state index contributed by atoms with van der Waals surface area (Å²) in [6.07, 6.45) is 1.51. The number of carboxylic acid groups (broad SMARTS) is 1. The summed E-state index contributed by atoms with van der Waals surface area (Å²) in [4.78, 5) is 22.3. The number of benzene rings is 1. The van der Waals surface area contributed by atoms with Gasteiger partial charge >= 0.3 is 5.97 Å². The second kappa shape index (κ2) is 5.20. The van der Waals surface area contributed by atoms with Crippen molar-refractivity contribution in [1.82, 2.24) is 9.97 Å². The van der Waals surface area contributed by atoms with E-state index in [4.69, 9.17) is 4.74 Å². The molecule has 2 heterocycles. The number of fused-ring (bicyclic) bond motifs is 1. The van der Waals surface area contributed by atoms with Gasteiger partial charge in [-0.15, -0.1) is 0 Å². The smallest absolute Gasteiger partial charge is 0.326 e. The third-order valence-corrected chi connectivity index (χ3v) is 3.83. The van der Waals surface area contributed by atoms with Crippen molar-refractivity contribution in [3.63, 3.8) is 0 Å². The number of rotatable bonds is 3. The zero-order valence-corrected chi connectivity index (χ0v) is 12.0. The molecule has 1 unspecified atom stereocenters. The molecule has 1 aromatic carbocycles. The monoisotopic (exact) mass is 287 g/mol. The Morgan fingerprint density at radius 2 is 2.19 bits per heavy atom. The average Bonchev–Trinajstić information content (AvgIpc) is 2.95. The molecular formula is C15H17N3O3. The van der Waals surface area contributed by atoms with Crippen LogP contribution in [0.5, 0.6) is 5.75 Å². The minimum atomic E-state index is -0.802. The Labute approximate surface area is 122 Å². The van der Waals surface area contributed by atoms with E-state index in [0.717, 1.165) is 28.9 Å². The van der Waals surface area contributed by atoms with Crippen molar-refractivity contribution in [2.45, 2.75) is 25.8 Å². The van der Waals surface area contributed by atoms with Crippen LogP contribution in [0.15, 0.2) is 18.2 Å². The fraction of sp³-hybridized carbons (Fsp3) is 0.400. The molecule has 1 aromatic heterocycles. The highest BCUT2D eigenvalue weighted by molar-refractivity contribution is 5.81. The topological polar surface area (TPSA) is 75.5 Å². The lowest BCUT2D eigenvalue weighted by atomic mass is 10.2. The van der Waals surface area contributed by atoms with Gasteiger partial charge in [-0.05, 0) is 31.9 Å². The minimum Gasteiger partial charge on any atom is -0.497 e. The Morgan fingerprint density at radius 3 is 2.90 bits per heavy atom. The molecule has 0 spiro atoms. The Bertz CT molecular complexity index is 702. The molecule has 6 nitrogen and oxygen atoms in total. The van der Waals surface area contributed by atoms with Gasteiger partial charge in [-0.1, -0.05) is 0 Å². The number of carboxylic acids is 1. The van der Waals surface area contributed by atoms with Crippen molar-refractivity contribution in [2.75, 3.05) is 18.6 Å². The highest BCUT2D eigenvalue weighted by Gasteiger charge is 2.32. The van der Waals surface area contributed by atoms with Crippen LogP contribution >= 0.6 is 0 Å². The van der Waals surface area contributed by atoms with E-state index in [-0.39, 0.29) is 0 Å². The van der Waals surface area contributed by atoms with Crippen molar-refractivity contribution >= 4 is 22.8 Å². The van der Waals surface area contributed by atoms with Gasteiger partial charge in [0.15, 0.2) is 5.82 Å². The molecule has 0 bridgehead atoms. The number of ether oxygens (including phenoxy) is 1. The first-order valence-electron chi connectivity index (χ1n) is 6.92. The molecule has 1 aliphatic rings. The van der Waals surface area contributed by atoms with Crippen molar-refractivity contribution < 1.29 is 14.6 Å². The van der Waals surface area contributed by atoms with Crippen molar-refractivity contribution in [3.8, 4) is 5.75 Å². The molecule has 0 aliphatic carbocycles. The number of hydrogen-bond donors (Lipinski definition) is 1. The number of carbonyl (C=O) groups is 1. The Balaban J connectivity index is 2.07. The van der Waals surface area contributed by atoms with Crippen LogP contribution in [-0.4, -0.2) is 40.7 Å². The van der Waals surface area contributed by atoms with Crippen LogP contribution in [-0.2, 0) is 4.79 Å². The first-order valence-corrected chi connectivity index (χ1v) is 6.92. The highest BCUT2D eigenvalue weighted by Crippen LogP contribution is 2.28. The maximum atomic E-state index is 11.3. The molecular weight excluding hydrogens is 270 g/mol. The largest absolute Gasteiger partial charge is 0.497 e. The predicted molar refractivity (Wildman–Crippen MR) is 78.8 cm³/mol. The van der Waals surface area contributed by atoms with E-state index in [9.17, 15) is 9.90 Å². The van der Waals surface area contributed by atoms with Crippen LogP contribution in [0.1, 0.15) is 18.5 Å². The summed E-state index contributed by atoms with van der Waals surface area (Å²) in [5.41, 5.74) is 2.23. The van der Waals surface area contributed by atoms with Crippen molar-refractivity contribution in [2.24, 2.45) is 0 Å². The molecule has 1 saturated heterocycles. The number of aryl methyl sites for hydroxylation is 1. The molecule has 6 heteroatoms. The lowest BCUT2D eigenvalue weighted by molar-refractivity contribution is -0.138. The van der Waals surface area contributed by atoms with Gasteiger partial charge < -0.3 is 14.7 Å². The van der Waals surface area contributed by atoms with Crippen LogP contribution < -0.4 is 9.64 Å². The fourth-order valence-corrected chi connectivity index (χ4v) is 2.79. The zero-order valence-electron chi connectivity index (χ0n) is 12.0. The maximum Gasteiger partial charge on any atom is 0.326 e. The second-order valence-corrected chi connectivity index (χ2v) is 5.18. The standard InChI is InChI=1S/C15H17N3O3/c1-9-14(18-7-3-4-13(18)15(19)20)17-11-6-5-10(21-2)8-12(11)16-9/h5-6,8,13H,3-4,7H2,1-2H3,(H,19,20). The number of anilines is 1. The molecule has 3 rings (SSSR count). The Kier molecular flexibility index (Phi) is 3.37. The summed E-state index contributed by atoms with van der Waals surface area (Å²) < 4.78 is 5.18. The van der Waals surface area contributed by atoms with E-state index in [2.05, 4.69) is 9.97 Å². The van der Waals surface area contributed by atoms with Gasteiger partial charge in [0.2, 0.25) is 0 Å². The number of aromatic nitrogens is 2. The molecule has 21 heavy (non-hydrogen) atoms. The van der Waals surface area contributed by atoms with Gasteiger partial charge in [-0.25, -0.2) is 14.8 Å². The quantitative estimate of drug-likeness (QED) is 0.930. The third-order valence-electron chi connectivity index (χ3n) is 3.83. The van der Waals surface area contributed by atoms with E-state index in [1.165, 1.54) is 0 Å². The fourth-order valence-electron chi connectivity index (χ4n) is 2.79. The van der Waals surface area contributed by atoms with Gasteiger partial charge in [-0.2, -0.15) is 0 Å². The molecule has 1 N–H and O–H groups in total. The summed E-state index contributed by atoms with van der Waals surface area (Å²) in [6, 6.07) is 5.00. The number of nitrogens with zero attached hydrogens (tertiary/aromatic N) is 3. The van der Waals surface area contributed by atoms with Crippen LogP contribution in [0, 0.1) is 6.92 Å². The Hall–Kier alpha value is -2.37. The van der Waals surface area contributed by atoms with Crippen LogP contribution in [0.2, 0.25) is 0 Å². The van der Waals surface area contributed by atoms with E-state index in [1.54, 1.807) is 7.11 Å². The average molecular weight is 287 g/mol. The zero-order chi connectivity index (χ0) is 15.0. The predicted octanol–water partition coefficient (Wildman–Crippen LogP) is 2.00. The maximum absolute atomic E-state index is 11.3. The summed E-state index contributed by atoms with van der Waals surface area (Å²) in [7, 11) is 1.61. The molecule has 0 amide bonds. The molecule has 1 atom stereocenters. The van der Waals surface area contributed by atoms with Crippen molar-refractivity contribution in [1.29, 1.82) is 0 Å². The normalized spacial score (nSPS) is 18.2. The van der Waals surface area contributed by atoms with Crippen LogP contribution in [0.4, 0.5) is 5.82 Å². The first-order chi connectivity index (χ1) is 10.1. The summed E-state index contributed by atoms with van der Waals surface area (Å²) >= 11 is 0. The van der Waals surface area contributed by atoms with Crippen molar-refractivity contribution in [3.05, 3.63) is 23.9 Å². The molecule has 0 radical (unpaired) electrons. The number of methoxy groups -OCH3 is 1. The van der Waals surface area contributed by atoms with Gasteiger partial charge in [0.1, 0.15) is 11.8 Å². The minimum absolute atomic E-state index is 0.506. The second-order valence-electron chi connectivity index (χ2n) is 5.18. The van der Waals surface area contributed by atoms with Crippen LogP contribution in [0.3, 0.4) is 0 Å². The first kappa shape index (κ1) is 13.6. The van der Waals surface area contributed by atoms with E-state index < -0.39 is 12.0 Å². The van der Waals surface area contributed by atoms with Gasteiger partial charge in [0, 0.05) is 12.6 Å². The number of hydrogen-bond acceptors (Lipinski definition) is 5. The third kappa shape index (κ3) is 2.37. The van der Waals surface area contributed by atoms with Gasteiger partial charge in [-0.3, -0.25) is 0 Å². The number of aliphatic carboxylic acids is 1. The SMILES string of the molecule is COc1ccc2nc(N3CCCC3C(=O)O)c(C)nc2c1. The Morgan fingerprint density at radius 1 is 1.38 bits per heavy atom. The van der Waals surface area contributed by atoms with Crippen LogP contribution in [0.25, 0.3) is 11.0 Å². The molecule has 2 aromatic rings. The highest BCUT2D eigenvalue weighted by atomic mass is 16.5. The van der Waals surface area contributed by atoms with Gasteiger partial charge in [0.25, 0.3) is 0 Å². The summed E-state index contributed by atoms with van der Waals surface area (Å²) in [5.74, 6) is 0.592. The molecule has 1 aliphatic heterocycles. The molecule has 0 saturated carbocycles. The molecule has 110 valence electrons. The van der Waals surface area contributed by atoms with E-state index in [1.807, 2.05) is 30.0 Å². The lowest BCUT2D eigenvalue weighted by Gasteiger charge is -2.24. The summed E-state index contributed by atoms with van der Waals surface area (Å²) in [6.45, 7) is 2.56. The lowest BCUT2D eigenvalue weighted by Crippen LogP contribution is -2.37. The van der Waals surface area contributed by atoms with E-state index in [0.29, 0.717) is 18.8 Å². The molecule has 1 fully saturated rings. The van der Waals surface area contributed by atoms with Gasteiger partial charge in [0.05, 0.1) is 23.8 Å².